The van der Waals surface area contributed by atoms with Crippen molar-refractivity contribution in [3.8, 4) is 0 Å². The number of carbonyl (C=O) groups is 2. The Labute approximate surface area is 152 Å². The van der Waals surface area contributed by atoms with Crippen LogP contribution in [0.3, 0.4) is 0 Å². The SMILES string of the molecule is O=C(NC1CC2CN(C(=O)c3ccccn3)CC2C1)C1CC2(C1)CC2F. The van der Waals surface area contributed by atoms with E-state index in [9.17, 15) is 14.0 Å². The second kappa shape index (κ2) is 5.76. The monoisotopic (exact) mass is 357 g/mol. The first kappa shape index (κ1) is 16.2. The van der Waals surface area contributed by atoms with E-state index in [0.717, 1.165) is 38.8 Å². The topological polar surface area (TPSA) is 62.3 Å². The third-order valence-corrected chi connectivity index (χ3v) is 7.04. The van der Waals surface area contributed by atoms with Gasteiger partial charge in [0.25, 0.3) is 5.91 Å². The Morgan fingerprint density at radius 3 is 2.42 bits per heavy atom. The first-order chi connectivity index (χ1) is 12.5. The molecule has 3 aliphatic carbocycles. The number of fused-ring (bicyclic) bond motifs is 1. The molecule has 3 saturated carbocycles. The summed E-state index contributed by atoms with van der Waals surface area (Å²) in [4.78, 5) is 31.0. The number of amides is 2. The standard InChI is InChI=1S/C20H24FN3O2/c21-17-9-20(17)7-14(8-20)18(25)23-15-5-12-10-24(11-13(12)6-15)19(26)16-3-1-2-4-22-16/h1-4,12-15,17H,5-11H2,(H,23,25). The number of likely N-dealkylation sites (tertiary alicyclic amines) is 1. The number of halogens is 1. The Hall–Kier alpha value is -1.98. The molecule has 2 heterocycles. The molecular weight excluding hydrogens is 333 g/mol. The van der Waals surface area contributed by atoms with Gasteiger partial charge in [-0.3, -0.25) is 14.6 Å². The van der Waals surface area contributed by atoms with Crippen molar-refractivity contribution in [3.63, 3.8) is 0 Å². The van der Waals surface area contributed by atoms with E-state index in [-0.39, 0.29) is 29.2 Å². The molecule has 4 aliphatic rings. The van der Waals surface area contributed by atoms with Crippen LogP contribution in [0.1, 0.15) is 42.6 Å². The lowest BCUT2D eigenvalue weighted by atomic mass is 9.71. The van der Waals surface area contributed by atoms with Crippen LogP contribution >= 0.6 is 0 Å². The highest BCUT2D eigenvalue weighted by Gasteiger charge is 2.64. The number of hydrogen-bond acceptors (Lipinski definition) is 3. The van der Waals surface area contributed by atoms with E-state index >= 15 is 0 Å². The summed E-state index contributed by atoms with van der Waals surface area (Å²) in [5, 5.41) is 3.19. The van der Waals surface area contributed by atoms with Crippen LogP contribution in [0, 0.1) is 23.2 Å². The lowest BCUT2D eigenvalue weighted by Crippen LogP contribution is -2.44. The van der Waals surface area contributed by atoms with Gasteiger partial charge in [0.1, 0.15) is 11.9 Å². The Morgan fingerprint density at radius 1 is 1.15 bits per heavy atom. The Balaban J connectivity index is 1.12. The summed E-state index contributed by atoms with van der Waals surface area (Å²) >= 11 is 0. The minimum absolute atomic E-state index is 0.00515. The molecule has 1 aliphatic heterocycles. The zero-order valence-corrected chi connectivity index (χ0v) is 14.7. The lowest BCUT2D eigenvalue weighted by Gasteiger charge is -2.35. The third-order valence-electron chi connectivity index (χ3n) is 7.04. The molecule has 2 amide bonds. The van der Waals surface area contributed by atoms with Gasteiger partial charge in [0.15, 0.2) is 0 Å². The zero-order chi connectivity index (χ0) is 17.9. The summed E-state index contributed by atoms with van der Waals surface area (Å²) in [7, 11) is 0. The van der Waals surface area contributed by atoms with Crippen LogP contribution in [0.5, 0.6) is 0 Å². The molecule has 5 rings (SSSR count). The van der Waals surface area contributed by atoms with Gasteiger partial charge in [0.2, 0.25) is 5.91 Å². The van der Waals surface area contributed by atoms with E-state index in [4.69, 9.17) is 0 Å². The average Bonchev–Trinajstić information content (AvgIpc) is 2.93. The van der Waals surface area contributed by atoms with E-state index in [0.29, 0.717) is 24.0 Å². The van der Waals surface area contributed by atoms with Gasteiger partial charge in [-0.25, -0.2) is 4.39 Å². The Kier molecular flexibility index (Phi) is 3.59. The quantitative estimate of drug-likeness (QED) is 0.902. The van der Waals surface area contributed by atoms with Crippen LogP contribution in [-0.2, 0) is 4.79 Å². The van der Waals surface area contributed by atoms with Gasteiger partial charge in [0, 0.05) is 36.7 Å². The van der Waals surface area contributed by atoms with Crippen molar-refractivity contribution in [2.24, 2.45) is 23.2 Å². The second-order valence-corrected chi connectivity index (χ2v) is 8.76. The predicted octanol–water partition coefficient (Wildman–Crippen LogP) is 2.19. The molecule has 3 atom stereocenters. The average molecular weight is 357 g/mol. The molecule has 1 spiro atoms. The predicted molar refractivity (Wildman–Crippen MR) is 93.0 cm³/mol. The first-order valence-corrected chi connectivity index (χ1v) is 9.69. The highest BCUT2D eigenvalue weighted by atomic mass is 19.1. The molecule has 0 radical (unpaired) electrons. The fourth-order valence-electron chi connectivity index (χ4n) is 5.38. The van der Waals surface area contributed by atoms with Gasteiger partial charge in [0.05, 0.1) is 0 Å². The maximum atomic E-state index is 13.3. The van der Waals surface area contributed by atoms with Crippen LogP contribution in [0.15, 0.2) is 24.4 Å². The molecule has 1 saturated heterocycles. The molecular formula is C20H24FN3O2. The van der Waals surface area contributed by atoms with Crippen molar-refractivity contribution in [3.05, 3.63) is 30.1 Å². The highest BCUT2D eigenvalue weighted by Crippen LogP contribution is 2.64. The summed E-state index contributed by atoms with van der Waals surface area (Å²) in [5.74, 6) is 1.05. The molecule has 3 unspecified atom stereocenters. The number of pyridine rings is 1. The molecule has 6 heteroatoms. The molecule has 138 valence electrons. The highest BCUT2D eigenvalue weighted by molar-refractivity contribution is 5.92. The van der Waals surface area contributed by atoms with Gasteiger partial charge in [-0.15, -0.1) is 0 Å². The summed E-state index contributed by atoms with van der Waals surface area (Å²) < 4.78 is 13.3. The number of alkyl halides is 1. The van der Waals surface area contributed by atoms with E-state index in [2.05, 4.69) is 10.3 Å². The number of carbonyl (C=O) groups excluding carboxylic acids is 2. The number of nitrogens with one attached hydrogen (secondary N) is 1. The first-order valence-electron chi connectivity index (χ1n) is 9.69. The maximum absolute atomic E-state index is 13.3. The van der Waals surface area contributed by atoms with Gasteiger partial charge in [-0.2, -0.15) is 0 Å². The van der Waals surface area contributed by atoms with Crippen LogP contribution in [-0.4, -0.2) is 47.0 Å². The molecule has 4 fully saturated rings. The number of aromatic nitrogens is 1. The molecule has 5 nitrogen and oxygen atoms in total. The third kappa shape index (κ3) is 2.61. The van der Waals surface area contributed by atoms with Crippen LogP contribution in [0.4, 0.5) is 4.39 Å². The van der Waals surface area contributed by atoms with Crippen molar-refractivity contribution in [2.75, 3.05) is 13.1 Å². The van der Waals surface area contributed by atoms with Gasteiger partial charge in [-0.1, -0.05) is 6.07 Å². The second-order valence-electron chi connectivity index (χ2n) is 8.76. The molecule has 0 aromatic carbocycles. The van der Waals surface area contributed by atoms with Gasteiger partial charge < -0.3 is 10.2 Å². The zero-order valence-electron chi connectivity index (χ0n) is 14.7. The Bertz CT molecular complexity index is 720. The molecule has 0 bridgehead atoms. The molecule has 1 aromatic rings. The summed E-state index contributed by atoms with van der Waals surface area (Å²) in [6, 6.07) is 5.61. The largest absolute Gasteiger partial charge is 0.353 e. The van der Waals surface area contributed by atoms with Crippen LogP contribution < -0.4 is 5.32 Å². The summed E-state index contributed by atoms with van der Waals surface area (Å²) in [6.07, 6.45) is 4.97. The Morgan fingerprint density at radius 2 is 1.85 bits per heavy atom. The molecule has 1 aromatic heterocycles. The van der Waals surface area contributed by atoms with Crippen molar-refractivity contribution >= 4 is 11.8 Å². The number of nitrogens with zero attached hydrogens (tertiary/aromatic N) is 2. The fourth-order valence-corrected chi connectivity index (χ4v) is 5.38. The fraction of sp³-hybridized carbons (Fsp3) is 0.650. The van der Waals surface area contributed by atoms with Crippen molar-refractivity contribution in [1.82, 2.24) is 15.2 Å². The smallest absolute Gasteiger partial charge is 0.272 e. The lowest BCUT2D eigenvalue weighted by molar-refractivity contribution is -0.130. The van der Waals surface area contributed by atoms with Gasteiger partial charge >= 0.3 is 0 Å². The summed E-state index contributed by atoms with van der Waals surface area (Å²) in [5.41, 5.74) is 0.378. The van der Waals surface area contributed by atoms with Crippen molar-refractivity contribution in [1.29, 1.82) is 0 Å². The van der Waals surface area contributed by atoms with Crippen LogP contribution in [0.25, 0.3) is 0 Å². The van der Waals surface area contributed by atoms with Crippen LogP contribution in [0.2, 0.25) is 0 Å². The minimum Gasteiger partial charge on any atom is -0.353 e. The van der Waals surface area contributed by atoms with Crippen molar-refractivity contribution in [2.45, 2.75) is 44.3 Å². The molecule has 26 heavy (non-hydrogen) atoms. The normalized spacial score (nSPS) is 40.2. The van der Waals surface area contributed by atoms with E-state index in [1.165, 1.54) is 0 Å². The molecule has 1 N–H and O–H groups in total. The van der Waals surface area contributed by atoms with Gasteiger partial charge in [-0.05, 0) is 56.1 Å². The van der Waals surface area contributed by atoms with E-state index < -0.39 is 6.17 Å². The minimum atomic E-state index is -0.667. The summed E-state index contributed by atoms with van der Waals surface area (Å²) in [6.45, 7) is 1.50. The van der Waals surface area contributed by atoms with Crippen molar-refractivity contribution < 1.29 is 14.0 Å². The maximum Gasteiger partial charge on any atom is 0.272 e. The number of hydrogen-bond donors (Lipinski definition) is 1. The van der Waals surface area contributed by atoms with E-state index in [1.54, 1.807) is 12.3 Å². The number of rotatable bonds is 3. The van der Waals surface area contributed by atoms with E-state index in [1.807, 2.05) is 17.0 Å².